The maximum atomic E-state index is 13.6. The molecule has 42 heavy (non-hydrogen) atoms. The van der Waals surface area contributed by atoms with E-state index in [9.17, 15) is 24.8 Å². The van der Waals surface area contributed by atoms with Crippen LogP contribution in [0.5, 0.6) is 0 Å². The van der Waals surface area contributed by atoms with Gasteiger partial charge in [-0.3, -0.25) is 14.9 Å². The minimum Gasteiger partial charge on any atom is -1.00 e. The minimum absolute atomic E-state index is 0. The zero-order valence-electron chi connectivity index (χ0n) is 22.8. The number of halogens is 1. The van der Waals surface area contributed by atoms with Gasteiger partial charge in [0.05, 0.1) is 34.9 Å². The van der Waals surface area contributed by atoms with Crippen LogP contribution in [0.25, 0.3) is 10.4 Å². The molecule has 4 aromatic rings. The number of carbonyl (C=O) groups excluding carboxylic acids is 2. The average Bonchev–Trinajstić information content (AvgIpc) is 3.55. The van der Waals surface area contributed by atoms with Gasteiger partial charge in [-0.15, -0.1) is 0 Å². The van der Waals surface area contributed by atoms with Crippen LogP contribution in [0.2, 0.25) is 0 Å². The second-order valence-electron chi connectivity index (χ2n) is 10.3. The number of ether oxygens (including phenoxy) is 1. The minimum atomic E-state index is -0.852. The summed E-state index contributed by atoms with van der Waals surface area (Å²) in [4.78, 5) is 41.7. The fraction of sp³-hybridized carbons (Fsp3) is 0.276. The van der Waals surface area contributed by atoms with E-state index >= 15 is 0 Å². The Morgan fingerprint density at radius 3 is 2.55 bits per heavy atom. The lowest BCUT2D eigenvalue weighted by molar-refractivity contribution is -0.705. The van der Waals surface area contributed by atoms with E-state index in [4.69, 9.17) is 4.74 Å². The maximum Gasteiger partial charge on any atom is 0.355 e. The van der Waals surface area contributed by atoms with E-state index < -0.39 is 22.9 Å². The average molecular weight is 719 g/mol. The van der Waals surface area contributed by atoms with Crippen molar-refractivity contribution < 1.29 is 52.9 Å². The zero-order valence-corrected chi connectivity index (χ0v) is 26.6. The fourth-order valence-corrected chi connectivity index (χ4v) is 8.01. The van der Waals surface area contributed by atoms with Gasteiger partial charge in [0.2, 0.25) is 22.1 Å². The largest absolute Gasteiger partial charge is 1.00 e. The topological polar surface area (TPSA) is 118 Å². The Morgan fingerprint density at radius 2 is 1.90 bits per heavy atom. The number of benzene rings is 2. The van der Waals surface area contributed by atoms with Gasteiger partial charge in [-0.05, 0) is 48.5 Å². The van der Waals surface area contributed by atoms with Crippen molar-refractivity contribution >= 4 is 51.1 Å². The van der Waals surface area contributed by atoms with Crippen LogP contribution in [-0.2, 0) is 28.0 Å². The Kier molecular flexibility index (Phi) is 8.47. The van der Waals surface area contributed by atoms with Crippen LogP contribution in [0.15, 0.2) is 82.7 Å². The Labute approximate surface area is 266 Å². The van der Waals surface area contributed by atoms with Gasteiger partial charge >= 0.3 is 5.97 Å². The quantitative estimate of drug-likeness (QED) is 0.0727. The highest BCUT2D eigenvalue weighted by Gasteiger charge is 2.60. The summed E-state index contributed by atoms with van der Waals surface area (Å²) in [5, 5.41) is 22.4. The second-order valence-corrected chi connectivity index (χ2v) is 12.4. The molecule has 0 bridgehead atoms. The van der Waals surface area contributed by atoms with E-state index in [1.807, 2.05) is 49.1 Å². The molecule has 0 saturated carbocycles. The first kappa shape index (κ1) is 30.2. The molecule has 0 spiro atoms. The first-order valence-electron chi connectivity index (χ1n) is 13.0. The SMILES string of the molecule is C[C@@H](O)[C@H]1C(=O)N2C(C(=O)OCc3ccc([N+](=O)[O-])cc3)=C(c3cn4c[n+](C)c(Sc5ccccc5)c4s3)[C@H](C)[C@H]12.[I-]. The number of carbonyl (C=O) groups is 2. The molecule has 0 radical (unpaired) electrons. The molecule has 1 N–H and O–H groups in total. The fourth-order valence-electron chi connectivity index (χ4n) is 5.65. The van der Waals surface area contributed by atoms with Gasteiger partial charge in [0.15, 0.2) is 0 Å². The van der Waals surface area contributed by atoms with Crippen molar-refractivity contribution in [1.82, 2.24) is 9.30 Å². The zero-order chi connectivity index (χ0) is 29.0. The summed E-state index contributed by atoms with van der Waals surface area (Å²) in [5.74, 6) is -1.76. The van der Waals surface area contributed by atoms with Crippen LogP contribution in [0.3, 0.4) is 0 Å². The second kappa shape index (κ2) is 11.8. The molecule has 1 saturated heterocycles. The van der Waals surface area contributed by atoms with E-state index in [-0.39, 0.29) is 59.8 Å². The maximum absolute atomic E-state index is 13.6. The van der Waals surface area contributed by atoms with Crippen LogP contribution in [-0.4, -0.2) is 43.4 Å². The van der Waals surface area contributed by atoms with Crippen LogP contribution >= 0.6 is 23.1 Å². The molecule has 218 valence electrons. The number of non-ortho nitro benzene ring substituents is 1. The van der Waals surface area contributed by atoms with Crippen molar-refractivity contribution in [3.05, 3.63) is 93.4 Å². The number of β-lactam (4-membered cyclic amide) rings is 1. The van der Waals surface area contributed by atoms with Crippen molar-refractivity contribution in [2.45, 2.75) is 42.5 Å². The van der Waals surface area contributed by atoms with Crippen LogP contribution < -0.4 is 28.5 Å². The number of fused-ring (bicyclic) bond motifs is 2. The molecule has 2 aliphatic heterocycles. The van der Waals surface area contributed by atoms with E-state index in [2.05, 4.69) is 16.7 Å². The summed E-state index contributed by atoms with van der Waals surface area (Å²) in [6, 6.07) is 15.5. The first-order valence-corrected chi connectivity index (χ1v) is 14.7. The van der Waals surface area contributed by atoms with Gasteiger partial charge in [0.25, 0.3) is 5.69 Å². The van der Waals surface area contributed by atoms with Crippen LogP contribution in [0.1, 0.15) is 24.3 Å². The number of aliphatic hydroxyl groups is 1. The molecular formula is C29H27IN4O6S2. The smallest absolute Gasteiger partial charge is 0.355 e. The highest BCUT2D eigenvalue weighted by Crippen LogP contribution is 2.52. The predicted molar refractivity (Wildman–Crippen MR) is 152 cm³/mol. The molecule has 13 heteroatoms. The number of hydrogen-bond acceptors (Lipinski definition) is 8. The molecule has 6 rings (SSSR count). The van der Waals surface area contributed by atoms with Gasteiger partial charge < -0.3 is 38.7 Å². The summed E-state index contributed by atoms with van der Waals surface area (Å²) >= 11 is 3.18. The van der Waals surface area contributed by atoms with Crippen molar-refractivity contribution in [3.63, 3.8) is 0 Å². The molecule has 4 heterocycles. The van der Waals surface area contributed by atoms with E-state index in [1.165, 1.54) is 40.5 Å². The number of nitrogens with zero attached hydrogens (tertiary/aromatic N) is 4. The molecule has 4 atom stereocenters. The van der Waals surface area contributed by atoms with Crippen molar-refractivity contribution in [1.29, 1.82) is 0 Å². The third kappa shape index (κ3) is 5.12. The molecule has 2 aromatic heterocycles. The van der Waals surface area contributed by atoms with Gasteiger partial charge in [0, 0.05) is 28.5 Å². The molecule has 2 aromatic carbocycles. The number of esters is 1. The summed E-state index contributed by atoms with van der Waals surface area (Å²) in [7, 11) is 1.99. The lowest BCUT2D eigenvalue weighted by Gasteiger charge is -2.46. The number of amides is 1. The van der Waals surface area contributed by atoms with Gasteiger partial charge in [-0.2, -0.15) is 4.40 Å². The summed E-state index contributed by atoms with van der Waals surface area (Å²) < 4.78 is 9.73. The standard InChI is InChI=1S/C29H27N4O6S2.HI/c1-16-22(21-13-31-15-30(3)27(28(31)41-21)40-20-7-5-4-6-8-20)25(32-24(16)23(17(2)34)26(32)35)29(36)39-14-18-9-11-19(12-10-18)33(37)38;/h4-13,15-17,23-24,34H,14H2,1-3H3;1H/q+1;/p-1/t16-,17+,23+,24+;/m0./s1. The summed E-state index contributed by atoms with van der Waals surface area (Å²) in [5.41, 5.74) is 1.44. The Morgan fingerprint density at radius 1 is 1.21 bits per heavy atom. The lowest BCUT2D eigenvalue weighted by Crippen LogP contribution is -3.00. The van der Waals surface area contributed by atoms with Gasteiger partial charge in [0.1, 0.15) is 18.5 Å². The number of hydrogen-bond donors (Lipinski definition) is 1. The Hall–Kier alpha value is -3.27. The highest BCUT2D eigenvalue weighted by molar-refractivity contribution is 7.99. The van der Waals surface area contributed by atoms with E-state index in [1.54, 1.807) is 18.7 Å². The number of rotatable bonds is 8. The number of aliphatic hydroxyl groups excluding tert-OH is 1. The summed E-state index contributed by atoms with van der Waals surface area (Å²) in [6.07, 6.45) is 3.10. The molecular weight excluding hydrogens is 691 g/mol. The third-order valence-corrected chi connectivity index (χ3v) is 10.1. The highest BCUT2D eigenvalue weighted by atomic mass is 127. The molecule has 1 amide bonds. The number of thiazole rings is 1. The Bertz CT molecular complexity index is 1720. The molecule has 0 aliphatic carbocycles. The Balaban J connectivity index is 0.00000353. The number of aryl methyl sites for hydroxylation is 1. The van der Waals surface area contributed by atoms with E-state index in [0.29, 0.717) is 11.1 Å². The molecule has 1 fully saturated rings. The number of aromatic nitrogens is 2. The van der Waals surface area contributed by atoms with Crippen molar-refractivity contribution in [2.24, 2.45) is 18.9 Å². The van der Waals surface area contributed by atoms with E-state index in [0.717, 1.165) is 19.6 Å². The summed E-state index contributed by atoms with van der Waals surface area (Å²) in [6.45, 7) is 3.47. The first-order chi connectivity index (χ1) is 19.7. The van der Waals surface area contributed by atoms with Gasteiger partial charge in [-0.1, -0.05) is 36.5 Å². The van der Waals surface area contributed by atoms with Gasteiger partial charge in [-0.25, -0.2) is 9.36 Å². The number of nitro benzene ring substituents is 1. The molecule has 10 nitrogen and oxygen atoms in total. The molecule has 2 aliphatic rings. The number of imidazole rings is 1. The van der Waals surface area contributed by atoms with Crippen molar-refractivity contribution in [3.8, 4) is 0 Å². The predicted octanol–water partition coefficient (Wildman–Crippen LogP) is 1.20. The monoisotopic (exact) mass is 718 g/mol. The number of nitro groups is 1. The lowest BCUT2D eigenvalue weighted by atomic mass is 9.77. The normalized spacial score (nSPS) is 20.2. The van der Waals surface area contributed by atoms with Crippen molar-refractivity contribution in [2.75, 3.05) is 0 Å². The van der Waals surface area contributed by atoms with Crippen LogP contribution in [0.4, 0.5) is 5.69 Å². The van der Waals surface area contributed by atoms with Crippen LogP contribution in [0, 0.1) is 22.0 Å². The molecule has 0 unspecified atom stereocenters. The third-order valence-electron chi connectivity index (χ3n) is 7.60.